The standard InChI is InChI=1S/C19H17N3O2S2/c1-10-8-9-14-15(11(10)2)21-18(25-14)22-17(24)19(3)16(23)20-12-6-4-5-7-13(12)26-19/h4-9H,1-3H3,(H,20,23)(H,21,22,24). The van der Waals surface area contributed by atoms with Crippen LogP contribution in [0.15, 0.2) is 41.3 Å². The summed E-state index contributed by atoms with van der Waals surface area (Å²) in [5.41, 5.74) is 3.89. The maximum atomic E-state index is 12.9. The number of amides is 2. The summed E-state index contributed by atoms with van der Waals surface area (Å²) in [6, 6.07) is 11.5. The first-order valence-corrected chi connectivity index (χ1v) is 9.79. The molecule has 1 aliphatic rings. The van der Waals surface area contributed by atoms with E-state index in [9.17, 15) is 9.59 Å². The zero-order valence-electron chi connectivity index (χ0n) is 14.5. The molecule has 132 valence electrons. The maximum Gasteiger partial charge on any atom is 0.252 e. The molecule has 3 aromatic rings. The number of aromatic nitrogens is 1. The molecule has 2 amide bonds. The average molecular weight is 383 g/mol. The van der Waals surface area contributed by atoms with Gasteiger partial charge < -0.3 is 10.6 Å². The Hall–Kier alpha value is -2.38. The van der Waals surface area contributed by atoms with Gasteiger partial charge in [-0.2, -0.15) is 0 Å². The average Bonchev–Trinajstić information content (AvgIpc) is 3.02. The van der Waals surface area contributed by atoms with Gasteiger partial charge in [0.2, 0.25) is 5.91 Å². The molecule has 1 aliphatic heterocycles. The van der Waals surface area contributed by atoms with Crippen molar-refractivity contribution in [2.45, 2.75) is 30.4 Å². The van der Waals surface area contributed by atoms with Gasteiger partial charge in [-0.1, -0.05) is 41.3 Å². The van der Waals surface area contributed by atoms with Crippen molar-refractivity contribution < 1.29 is 9.59 Å². The van der Waals surface area contributed by atoms with E-state index >= 15 is 0 Å². The number of fused-ring (bicyclic) bond motifs is 2. The highest BCUT2D eigenvalue weighted by Crippen LogP contribution is 2.43. The Labute approximate surface area is 159 Å². The summed E-state index contributed by atoms with van der Waals surface area (Å²) < 4.78 is -0.239. The van der Waals surface area contributed by atoms with Gasteiger partial charge in [-0.3, -0.25) is 9.59 Å². The molecule has 1 aromatic heterocycles. The van der Waals surface area contributed by atoms with Crippen LogP contribution >= 0.6 is 23.1 Å². The molecule has 0 saturated carbocycles. The second-order valence-corrected chi connectivity index (χ2v) is 8.90. The van der Waals surface area contributed by atoms with E-state index in [0.717, 1.165) is 31.9 Å². The summed E-state index contributed by atoms with van der Waals surface area (Å²) in [6.07, 6.45) is 0. The second-order valence-electron chi connectivity index (χ2n) is 6.41. The number of nitrogens with zero attached hydrogens (tertiary/aromatic N) is 1. The molecule has 4 rings (SSSR count). The van der Waals surface area contributed by atoms with Crippen LogP contribution in [0.5, 0.6) is 0 Å². The Bertz CT molecular complexity index is 1060. The van der Waals surface area contributed by atoms with E-state index in [4.69, 9.17) is 0 Å². The quantitative estimate of drug-likeness (QED) is 0.645. The van der Waals surface area contributed by atoms with E-state index in [2.05, 4.69) is 15.6 Å². The van der Waals surface area contributed by atoms with Crippen LogP contribution < -0.4 is 10.6 Å². The number of hydrogen-bond acceptors (Lipinski definition) is 5. The van der Waals surface area contributed by atoms with Gasteiger partial charge >= 0.3 is 0 Å². The number of carbonyl (C=O) groups excluding carboxylic acids is 2. The molecule has 0 aliphatic carbocycles. The predicted octanol–water partition coefficient (Wildman–Crippen LogP) is 4.35. The smallest absolute Gasteiger partial charge is 0.252 e. The number of thiazole rings is 1. The van der Waals surface area contributed by atoms with Gasteiger partial charge in [0, 0.05) is 4.90 Å². The summed E-state index contributed by atoms with van der Waals surface area (Å²) in [4.78, 5) is 30.9. The molecule has 2 N–H and O–H groups in total. The van der Waals surface area contributed by atoms with Crippen molar-refractivity contribution in [1.82, 2.24) is 4.98 Å². The zero-order chi connectivity index (χ0) is 18.5. The van der Waals surface area contributed by atoms with Crippen LogP contribution in [0, 0.1) is 13.8 Å². The molecule has 0 spiro atoms. The summed E-state index contributed by atoms with van der Waals surface area (Å²) in [6.45, 7) is 5.69. The number of thioether (sulfide) groups is 1. The second kappa shape index (κ2) is 6.10. The predicted molar refractivity (Wildman–Crippen MR) is 107 cm³/mol. The molecule has 0 fully saturated rings. The van der Waals surface area contributed by atoms with Gasteiger partial charge in [-0.15, -0.1) is 0 Å². The van der Waals surface area contributed by atoms with Crippen LogP contribution in [-0.4, -0.2) is 21.5 Å². The SMILES string of the molecule is Cc1ccc2sc(NC(=O)C3(C)Sc4ccccc4NC3=O)nc2c1C. The molecular weight excluding hydrogens is 366 g/mol. The lowest BCUT2D eigenvalue weighted by Gasteiger charge is -2.31. The summed E-state index contributed by atoms with van der Waals surface area (Å²) in [7, 11) is 0. The van der Waals surface area contributed by atoms with Gasteiger partial charge in [-0.05, 0) is 50.1 Å². The van der Waals surface area contributed by atoms with Gasteiger partial charge in [0.15, 0.2) is 9.88 Å². The van der Waals surface area contributed by atoms with Crippen LogP contribution in [0.4, 0.5) is 10.8 Å². The summed E-state index contributed by atoms with van der Waals surface area (Å²) in [5, 5.41) is 6.17. The third-order valence-electron chi connectivity index (χ3n) is 4.62. The summed E-state index contributed by atoms with van der Waals surface area (Å²) in [5.74, 6) is -0.699. The van der Waals surface area contributed by atoms with Crippen molar-refractivity contribution in [3.8, 4) is 0 Å². The van der Waals surface area contributed by atoms with E-state index < -0.39 is 4.75 Å². The number of anilines is 2. The Kier molecular flexibility index (Phi) is 4.00. The molecule has 1 atom stereocenters. The minimum absolute atomic E-state index is 0.327. The fraction of sp³-hybridized carbons (Fsp3) is 0.211. The van der Waals surface area contributed by atoms with Crippen LogP contribution in [0.2, 0.25) is 0 Å². The molecule has 0 radical (unpaired) electrons. The third-order valence-corrected chi connectivity index (χ3v) is 6.91. The molecule has 7 heteroatoms. The zero-order valence-corrected chi connectivity index (χ0v) is 16.2. The van der Waals surface area contributed by atoms with Crippen molar-refractivity contribution in [1.29, 1.82) is 0 Å². The van der Waals surface area contributed by atoms with E-state index in [1.807, 2.05) is 50.2 Å². The Morgan fingerprint density at radius 1 is 1.19 bits per heavy atom. The van der Waals surface area contributed by atoms with Crippen LogP contribution in [0.1, 0.15) is 18.1 Å². The number of aryl methyl sites for hydroxylation is 2. The lowest BCUT2D eigenvalue weighted by molar-refractivity contribution is -0.126. The lowest BCUT2D eigenvalue weighted by atomic mass is 10.1. The fourth-order valence-electron chi connectivity index (χ4n) is 2.81. The first-order chi connectivity index (χ1) is 12.4. The first kappa shape index (κ1) is 17.1. The molecule has 2 heterocycles. The Morgan fingerprint density at radius 2 is 1.96 bits per heavy atom. The number of rotatable bonds is 2. The van der Waals surface area contributed by atoms with Crippen LogP contribution in [0.25, 0.3) is 10.2 Å². The monoisotopic (exact) mass is 383 g/mol. The highest BCUT2D eigenvalue weighted by atomic mass is 32.2. The van der Waals surface area contributed by atoms with Gasteiger partial charge in [0.25, 0.3) is 5.91 Å². The highest BCUT2D eigenvalue weighted by molar-refractivity contribution is 8.02. The molecule has 5 nitrogen and oxygen atoms in total. The van der Waals surface area contributed by atoms with Gasteiger partial charge in [0.1, 0.15) is 0 Å². The Balaban J connectivity index is 1.64. The topological polar surface area (TPSA) is 71.1 Å². The van der Waals surface area contributed by atoms with Crippen molar-refractivity contribution in [2.75, 3.05) is 10.6 Å². The fourth-order valence-corrected chi connectivity index (χ4v) is 4.84. The Morgan fingerprint density at radius 3 is 2.77 bits per heavy atom. The van der Waals surface area contributed by atoms with Crippen molar-refractivity contribution >= 4 is 55.9 Å². The normalized spacial score (nSPS) is 19.1. The molecular formula is C19H17N3O2S2. The molecule has 2 aromatic carbocycles. The number of benzene rings is 2. The van der Waals surface area contributed by atoms with E-state index in [1.54, 1.807) is 6.92 Å². The number of para-hydroxylation sites is 1. The first-order valence-electron chi connectivity index (χ1n) is 8.16. The number of hydrogen-bond donors (Lipinski definition) is 2. The highest BCUT2D eigenvalue weighted by Gasteiger charge is 2.46. The van der Waals surface area contributed by atoms with Crippen molar-refractivity contribution in [2.24, 2.45) is 0 Å². The summed E-state index contributed by atoms with van der Waals surface area (Å²) >= 11 is 2.67. The van der Waals surface area contributed by atoms with Crippen molar-refractivity contribution in [3.63, 3.8) is 0 Å². The third kappa shape index (κ3) is 2.68. The van der Waals surface area contributed by atoms with E-state index in [0.29, 0.717) is 5.13 Å². The molecule has 26 heavy (non-hydrogen) atoms. The van der Waals surface area contributed by atoms with Crippen LogP contribution in [0.3, 0.4) is 0 Å². The minimum atomic E-state index is -1.25. The van der Waals surface area contributed by atoms with E-state index in [-0.39, 0.29) is 11.8 Å². The number of carbonyl (C=O) groups is 2. The van der Waals surface area contributed by atoms with Gasteiger partial charge in [-0.25, -0.2) is 4.98 Å². The molecule has 0 bridgehead atoms. The van der Waals surface area contributed by atoms with Crippen molar-refractivity contribution in [3.05, 3.63) is 47.5 Å². The molecule has 0 saturated heterocycles. The number of nitrogens with one attached hydrogen (secondary N) is 2. The molecule has 1 unspecified atom stereocenters. The lowest BCUT2D eigenvalue weighted by Crippen LogP contribution is -2.49. The largest absolute Gasteiger partial charge is 0.323 e. The van der Waals surface area contributed by atoms with Gasteiger partial charge in [0.05, 0.1) is 15.9 Å². The van der Waals surface area contributed by atoms with Crippen LogP contribution in [-0.2, 0) is 9.59 Å². The maximum absolute atomic E-state index is 12.9. The minimum Gasteiger partial charge on any atom is -0.323 e. The van der Waals surface area contributed by atoms with E-state index in [1.165, 1.54) is 23.1 Å².